The highest BCUT2D eigenvalue weighted by atomic mass is 16.5. The number of carbonyl (C=O) groups excluding carboxylic acids is 1. The van der Waals surface area contributed by atoms with Crippen LogP contribution in [0, 0.1) is 0 Å². The summed E-state index contributed by atoms with van der Waals surface area (Å²) in [5.41, 5.74) is 4.29. The van der Waals surface area contributed by atoms with Crippen molar-refractivity contribution >= 4 is 5.97 Å². The number of carbonyl (C=O) groups is 1. The normalized spacial score (nSPS) is 15.8. The highest BCUT2D eigenvalue weighted by Gasteiger charge is 2.40. The van der Waals surface area contributed by atoms with E-state index in [0.717, 1.165) is 33.8 Å². The Morgan fingerprint density at radius 3 is 1.91 bits per heavy atom. The summed E-state index contributed by atoms with van der Waals surface area (Å²) in [6.45, 7) is 2.72. The van der Waals surface area contributed by atoms with Crippen molar-refractivity contribution in [1.82, 2.24) is 4.90 Å². The second kappa shape index (κ2) is 9.88. The van der Waals surface area contributed by atoms with Crippen LogP contribution in [0.3, 0.4) is 0 Å². The van der Waals surface area contributed by atoms with Gasteiger partial charge < -0.3 is 14.2 Å². The molecule has 1 atom stereocenters. The van der Waals surface area contributed by atoms with Crippen molar-refractivity contribution < 1.29 is 19.0 Å². The molecule has 1 aliphatic heterocycles. The van der Waals surface area contributed by atoms with Crippen LogP contribution in [0.25, 0.3) is 0 Å². The van der Waals surface area contributed by atoms with Gasteiger partial charge in [0.2, 0.25) is 0 Å². The number of fused-ring (bicyclic) bond motifs is 1. The molecule has 0 bridgehead atoms. The number of hydrogen-bond acceptors (Lipinski definition) is 5. The molecule has 5 heteroatoms. The molecule has 0 aromatic heterocycles. The van der Waals surface area contributed by atoms with Crippen molar-refractivity contribution in [2.75, 3.05) is 20.8 Å². The largest absolute Gasteiger partial charge is 0.496 e. The summed E-state index contributed by atoms with van der Waals surface area (Å²) in [7, 11) is 3.33. The van der Waals surface area contributed by atoms with E-state index in [4.69, 9.17) is 14.2 Å². The van der Waals surface area contributed by atoms with Crippen molar-refractivity contribution in [3.63, 3.8) is 0 Å². The Hall–Kier alpha value is -3.31. The SMILES string of the molecule is CCOC(=O)C1Cc2c(OC)ccc(OC)c2CN1C(c1ccccc1)c1ccccc1. The lowest BCUT2D eigenvalue weighted by Crippen LogP contribution is -2.48. The van der Waals surface area contributed by atoms with E-state index in [2.05, 4.69) is 29.2 Å². The van der Waals surface area contributed by atoms with Gasteiger partial charge in [0.15, 0.2) is 0 Å². The maximum Gasteiger partial charge on any atom is 0.323 e. The molecule has 4 rings (SSSR count). The average Bonchev–Trinajstić information content (AvgIpc) is 2.84. The first-order valence-corrected chi connectivity index (χ1v) is 10.9. The molecule has 0 aliphatic carbocycles. The molecule has 0 saturated heterocycles. The molecule has 166 valence electrons. The molecule has 0 amide bonds. The van der Waals surface area contributed by atoms with Gasteiger partial charge >= 0.3 is 5.97 Å². The molecule has 3 aromatic carbocycles. The van der Waals surface area contributed by atoms with E-state index in [0.29, 0.717) is 19.6 Å². The van der Waals surface area contributed by atoms with Crippen molar-refractivity contribution in [2.24, 2.45) is 0 Å². The van der Waals surface area contributed by atoms with Crippen LogP contribution in [0.1, 0.15) is 35.2 Å². The smallest absolute Gasteiger partial charge is 0.323 e. The van der Waals surface area contributed by atoms with Crippen LogP contribution in [-0.2, 0) is 22.5 Å². The molecule has 0 saturated carbocycles. The van der Waals surface area contributed by atoms with E-state index in [-0.39, 0.29) is 12.0 Å². The quantitative estimate of drug-likeness (QED) is 0.504. The molecule has 32 heavy (non-hydrogen) atoms. The molecular formula is C27H29NO4. The lowest BCUT2D eigenvalue weighted by molar-refractivity contribution is -0.151. The monoisotopic (exact) mass is 431 g/mol. The lowest BCUT2D eigenvalue weighted by Gasteiger charge is -2.41. The molecule has 1 unspecified atom stereocenters. The van der Waals surface area contributed by atoms with Crippen LogP contribution < -0.4 is 9.47 Å². The number of nitrogens with zero attached hydrogens (tertiary/aromatic N) is 1. The van der Waals surface area contributed by atoms with Crippen LogP contribution in [0.2, 0.25) is 0 Å². The molecule has 1 aliphatic rings. The molecule has 1 heterocycles. The Kier molecular flexibility index (Phi) is 6.76. The Bertz CT molecular complexity index is 1010. The molecule has 0 spiro atoms. The number of hydrogen-bond donors (Lipinski definition) is 0. The zero-order chi connectivity index (χ0) is 22.5. The first-order chi connectivity index (χ1) is 15.7. The third kappa shape index (κ3) is 4.21. The summed E-state index contributed by atoms with van der Waals surface area (Å²) < 4.78 is 16.9. The topological polar surface area (TPSA) is 48.0 Å². The fourth-order valence-corrected chi connectivity index (χ4v) is 4.61. The lowest BCUT2D eigenvalue weighted by atomic mass is 9.87. The van der Waals surface area contributed by atoms with Gasteiger partial charge in [0.1, 0.15) is 17.5 Å². The Morgan fingerprint density at radius 1 is 0.875 bits per heavy atom. The highest BCUT2D eigenvalue weighted by Crippen LogP contribution is 2.42. The summed E-state index contributed by atoms with van der Waals surface area (Å²) in [5.74, 6) is 1.35. The van der Waals surface area contributed by atoms with Gasteiger partial charge in [-0.15, -0.1) is 0 Å². The maximum atomic E-state index is 13.2. The fraction of sp³-hybridized carbons (Fsp3) is 0.296. The van der Waals surface area contributed by atoms with Crippen LogP contribution >= 0.6 is 0 Å². The number of methoxy groups -OCH3 is 2. The summed E-state index contributed by atoms with van der Waals surface area (Å²) in [5, 5.41) is 0. The molecule has 5 nitrogen and oxygen atoms in total. The number of esters is 1. The summed E-state index contributed by atoms with van der Waals surface area (Å²) in [6.07, 6.45) is 0.491. The van der Waals surface area contributed by atoms with Gasteiger partial charge in [-0.1, -0.05) is 60.7 Å². The van der Waals surface area contributed by atoms with Crippen LogP contribution in [-0.4, -0.2) is 37.7 Å². The van der Waals surface area contributed by atoms with E-state index in [1.54, 1.807) is 14.2 Å². The van der Waals surface area contributed by atoms with Gasteiger partial charge in [-0.05, 0) is 30.2 Å². The first kappa shape index (κ1) is 21.9. The molecular weight excluding hydrogens is 402 g/mol. The third-order valence-corrected chi connectivity index (χ3v) is 6.04. The predicted molar refractivity (Wildman–Crippen MR) is 124 cm³/mol. The predicted octanol–water partition coefficient (Wildman–Crippen LogP) is 4.78. The zero-order valence-electron chi connectivity index (χ0n) is 18.8. The number of ether oxygens (including phenoxy) is 3. The highest BCUT2D eigenvalue weighted by molar-refractivity contribution is 5.77. The van der Waals surface area contributed by atoms with E-state index >= 15 is 0 Å². The Morgan fingerprint density at radius 2 is 1.41 bits per heavy atom. The number of benzene rings is 3. The van der Waals surface area contributed by atoms with E-state index in [1.807, 2.05) is 55.5 Å². The minimum atomic E-state index is -0.450. The average molecular weight is 432 g/mol. The summed E-state index contributed by atoms with van der Waals surface area (Å²) in [6, 6.07) is 23.9. The summed E-state index contributed by atoms with van der Waals surface area (Å²) >= 11 is 0. The van der Waals surface area contributed by atoms with Crippen molar-refractivity contribution in [3.05, 3.63) is 95.1 Å². The van der Waals surface area contributed by atoms with Crippen LogP contribution in [0.15, 0.2) is 72.8 Å². The van der Waals surface area contributed by atoms with E-state index in [9.17, 15) is 4.79 Å². The van der Waals surface area contributed by atoms with Crippen molar-refractivity contribution in [1.29, 1.82) is 0 Å². The Balaban J connectivity index is 1.88. The van der Waals surface area contributed by atoms with E-state index in [1.165, 1.54) is 0 Å². The van der Waals surface area contributed by atoms with Crippen LogP contribution in [0.4, 0.5) is 0 Å². The third-order valence-electron chi connectivity index (χ3n) is 6.04. The molecule has 3 aromatic rings. The fourth-order valence-electron chi connectivity index (χ4n) is 4.61. The molecule has 0 N–H and O–H groups in total. The van der Waals surface area contributed by atoms with Gasteiger partial charge in [0, 0.05) is 24.1 Å². The zero-order valence-corrected chi connectivity index (χ0v) is 18.8. The maximum absolute atomic E-state index is 13.2. The van der Waals surface area contributed by atoms with Gasteiger partial charge in [-0.3, -0.25) is 9.69 Å². The van der Waals surface area contributed by atoms with Gasteiger partial charge in [0.05, 0.1) is 26.9 Å². The minimum Gasteiger partial charge on any atom is -0.496 e. The van der Waals surface area contributed by atoms with E-state index < -0.39 is 6.04 Å². The Labute approximate surface area is 189 Å². The number of rotatable bonds is 7. The van der Waals surface area contributed by atoms with Crippen LogP contribution in [0.5, 0.6) is 11.5 Å². The van der Waals surface area contributed by atoms with Gasteiger partial charge in [-0.2, -0.15) is 0 Å². The minimum absolute atomic E-state index is 0.115. The van der Waals surface area contributed by atoms with Crippen molar-refractivity contribution in [2.45, 2.75) is 32.0 Å². The second-order valence-corrected chi connectivity index (χ2v) is 7.80. The van der Waals surface area contributed by atoms with Gasteiger partial charge in [0.25, 0.3) is 0 Å². The second-order valence-electron chi connectivity index (χ2n) is 7.80. The van der Waals surface area contributed by atoms with Gasteiger partial charge in [-0.25, -0.2) is 0 Å². The molecule has 0 radical (unpaired) electrons. The first-order valence-electron chi connectivity index (χ1n) is 10.9. The molecule has 0 fully saturated rings. The summed E-state index contributed by atoms with van der Waals surface area (Å²) in [4.78, 5) is 15.4. The van der Waals surface area contributed by atoms with Crippen molar-refractivity contribution in [3.8, 4) is 11.5 Å². The standard InChI is InChI=1S/C27H29NO4/c1-4-32-27(29)23-17-21-22(25(31-3)16-15-24(21)30-2)18-28(23)26(19-11-7-5-8-12-19)20-13-9-6-10-14-20/h5-16,23,26H,4,17-18H2,1-3H3.